The number of hydrogen-bond acceptors (Lipinski definition) is 6. The fourth-order valence-corrected chi connectivity index (χ4v) is 6.01. The summed E-state index contributed by atoms with van der Waals surface area (Å²) in [5, 5.41) is 2.06. The van der Waals surface area contributed by atoms with Gasteiger partial charge in [-0.2, -0.15) is 0 Å². The van der Waals surface area contributed by atoms with Crippen LogP contribution in [0, 0.1) is 13.8 Å². The van der Waals surface area contributed by atoms with Gasteiger partial charge in [0.05, 0.1) is 11.0 Å². The maximum Gasteiger partial charge on any atom is 0.164 e. The van der Waals surface area contributed by atoms with Gasteiger partial charge in [0.1, 0.15) is 0 Å². The Balaban J connectivity index is 1.42. The van der Waals surface area contributed by atoms with Crippen molar-refractivity contribution >= 4 is 21.8 Å². The molecule has 6 nitrogen and oxygen atoms in total. The maximum atomic E-state index is 5.06. The van der Waals surface area contributed by atoms with Gasteiger partial charge in [-0.1, -0.05) is 78.9 Å². The third-order valence-electron chi connectivity index (χ3n) is 8.20. The van der Waals surface area contributed by atoms with Crippen molar-refractivity contribution in [2.75, 3.05) is 0 Å². The first-order valence-corrected chi connectivity index (χ1v) is 15.2. The number of aromatic nitrogens is 6. The Hall–Kier alpha value is -6.14. The van der Waals surface area contributed by atoms with E-state index in [-0.39, 0.29) is 0 Å². The highest BCUT2D eigenvalue weighted by atomic mass is 15.0. The summed E-state index contributed by atoms with van der Waals surface area (Å²) in [5.74, 6) is 1.84. The number of fused-ring (bicyclic) bond motifs is 3. The summed E-state index contributed by atoms with van der Waals surface area (Å²) in [6.45, 7) is 4.07. The highest BCUT2D eigenvalue weighted by Crippen LogP contribution is 2.38. The second-order valence-electron chi connectivity index (χ2n) is 11.3. The quantitative estimate of drug-likeness (QED) is 0.185. The number of nitrogens with zero attached hydrogens (tertiary/aromatic N) is 6. The monoisotopic (exact) mass is 592 g/mol. The summed E-state index contributed by atoms with van der Waals surface area (Å²) in [5.41, 5.74) is 10.6. The SMILES string of the molecule is Cc1ccc(-c2cc(-c3nc(-c4ccccc4)nc(-c4ccccc4)n3)cc(-c3cc4cccnc4c4ncccc34)c2)c(C)n1. The Morgan fingerprint density at radius 2 is 0.978 bits per heavy atom. The Bertz CT molecular complexity index is 2330. The summed E-state index contributed by atoms with van der Waals surface area (Å²) in [6.07, 6.45) is 3.64. The van der Waals surface area contributed by atoms with E-state index in [1.54, 1.807) is 0 Å². The molecule has 4 heterocycles. The van der Waals surface area contributed by atoms with Gasteiger partial charge in [-0.3, -0.25) is 15.0 Å². The molecule has 4 aromatic heterocycles. The van der Waals surface area contributed by atoms with Gasteiger partial charge in [-0.15, -0.1) is 0 Å². The molecule has 8 rings (SSSR count). The Morgan fingerprint density at radius 1 is 0.413 bits per heavy atom. The minimum atomic E-state index is 0.596. The van der Waals surface area contributed by atoms with E-state index in [1.807, 2.05) is 92.1 Å². The van der Waals surface area contributed by atoms with Gasteiger partial charge in [0.25, 0.3) is 0 Å². The largest absolute Gasteiger partial charge is 0.258 e. The highest BCUT2D eigenvalue weighted by molar-refractivity contribution is 6.10. The molecule has 0 aliphatic heterocycles. The first-order chi connectivity index (χ1) is 22.6. The van der Waals surface area contributed by atoms with Gasteiger partial charge in [-0.05, 0) is 73.0 Å². The number of aryl methyl sites for hydroxylation is 2. The van der Waals surface area contributed by atoms with Crippen molar-refractivity contribution < 1.29 is 0 Å². The summed E-state index contributed by atoms with van der Waals surface area (Å²) < 4.78 is 0. The molecule has 0 aliphatic carbocycles. The van der Waals surface area contributed by atoms with Gasteiger partial charge in [0.15, 0.2) is 17.5 Å². The molecule has 6 heteroatoms. The van der Waals surface area contributed by atoms with Crippen LogP contribution >= 0.6 is 0 Å². The fraction of sp³-hybridized carbons (Fsp3) is 0.0500. The minimum absolute atomic E-state index is 0.596. The van der Waals surface area contributed by atoms with E-state index < -0.39 is 0 Å². The lowest BCUT2D eigenvalue weighted by atomic mass is 9.92. The van der Waals surface area contributed by atoms with Crippen molar-refractivity contribution in [2.45, 2.75) is 13.8 Å². The van der Waals surface area contributed by atoms with Crippen LogP contribution in [-0.4, -0.2) is 29.9 Å². The van der Waals surface area contributed by atoms with Crippen LogP contribution in [0.15, 0.2) is 134 Å². The molecule has 0 fully saturated rings. The lowest BCUT2D eigenvalue weighted by Crippen LogP contribution is -2.01. The normalized spacial score (nSPS) is 11.3. The van der Waals surface area contributed by atoms with E-state index >= 15 is 0 Å². The van der Waals surface area contributed by atoms with E-state index in [0.29, 0.717) is 17.5 Å². The van der Waals surface area contributed by atoms with Gasteiger partial charge in [0, 0.05) is 56.8 Å². The van der Waals surface area contributed by atoms with Crippen molar-refractivity contribution in [3.63, 3.8) is 0 Å². The first kappa shape index (κ1) is 27.4. The zero-order valence-corrected chi connectivity index (χ0v) is 25.4. The molecule has 0 spiro atoms. The predicted molar refractivity (Wildman–Crippen MR) is 185 cm³/mol. The van der Waals surface area contributed by atoms with Crippen LogP contribution in [0.4, 0.5) is 0 Å². The Morgan fingerprint density at radius 3 is 1.63 bits per heavy atom. The van der Waals surface area contributed by atoms with Crippen LogP contribution in [0.5, 0.6) is 0 Å². The van der Waals surface area contributed by atoms with Gasteiger partial charge >= 0.3 is 0 Å². The summed E-state index contributed by atoms with van der Waals surface area (Å²) in [4.78, 5) is 29.3. The molecule has 0 radical (unpaired) electrons. The van der Waals surface area contributed by atoms with Crippen LogP contribution in [-0.2, 0) is 0 Å². The third kappa shape index (κ3) is 5.06. The average Bonchev–Trinajstić information content (AvgIpc) is 3.11. The minimum Gasteiger partial charge on any atom is -0.258 e. The van der Waals surface area contributed by atoms with Crippen LogP contribution in [0.2, 0.25) is 0 Å². The van der Waals surface area contributed by atoms with E-state index in [9.17, 15) is 0 Å². The van der Waals surface area contributed by atoms with Gasteiger partial charge in [-0.25, -0.2) is 15.0 Å². The molecule has 0 unspecified atom stereocenters. The van der Waals surface area contributed by atoms with E-state index in [2.05, 4.69) is 60.4 Å². The fourth-order valence-electron chi connectivity index (χ4n) is 6.01. The van der Waals surface area contributed by atoms with Crippen molar-refractivity contribution in [3.8, 4) is 56.4 Å². The van der Waals surface area contributed by atoms with Crippen LogP contribution < -0.4 is 0 Å². The van der Waals surface area contributed by atoms with Crippen LogP contribution in [0.1, 0.15) is 11.4 Å². The van der Waals surface area contributed by atoms with E-state index in [0.717, 1.165) is 72.1 Å². The summed E-state index contributed by atoms with van der Waals surface area (Å²) >= 11 is 0. The van der Waals surface area contributed by atoms with Crippen molar-refractivity contribution in [1.82, 2.24) is 29.9 Å². The zero-order valence-electron chi connectivity index (χ0n) is 25.4. The van der Waals surface area contributed by atoms with Crippen LogP contribution in [0.3, 0.4) is 0 Å². The summed E-state index contributed by atoms with van der Waals surface area (Å²) in [7, 11) is 0. The summed E-state index contributed by atoms with van der Waals surface area (Å²) in [6, 6.07) is 41.2. The third-order valence-corrected chi connectivity index (χ3v) is 8.20. The second-order valence-corrected chi connectivity index (χ2v) is 11.3. The maximum absolute atomic E-state index is 5.06. The average molecular weight is 593 g/mol. The highest BCUT2D eigenvalue weighted by Gasteiger charge is 2.17. The molecule has 0 N–H and O–H groups in total. The molecule has 8 aromatic rings. The Kier molecular flexibility index (Phi) is 6.80. The molecule has 0 amide bonds. The molecular formula is C40H28N6. The molecule has 0 atom stereocenters. The number of benzene rings is 4. The lowest BCUT2D eigenvalue weighted by molar-refractivity contribution is 1.07. The standard InChI is InChI=1S/C40H28N6/c1-25-17-18-33(26(2)43-25)30-21-31(35-24-29-15-9-19-41-36(29)37-34(35)16-10-20-42-37)23-32(22-30)40-45-38(27-11-5-3-6-12-27)44-39(46-40)28-13-7-4-8-14-28/h3-24H,1-2H3. The van der Waals surface area contributed by atoms with Crippen molar-refractivity contribution in [2.24, 2.45) is 0 Å². The number of pyridine rings is 3. The molecule has 0 saturated heterocycles. The molecule has 0 saturated carbocycles. The molecular weight excluding hydrogens is 564 g/mol. The van der Waals surface area contributed by atoms with Gasteiger partial charge < -0.3 is 0 Å². The predicted octanol–water partition coefficient (Wildman–Crippen LogP) is 9.31. The zero-order chi connectivity index (χ0) is 31.0. The molecule has 218 valence electrons. The molecule has 4 aromatic carbocycles. The van der Waals surface area contributed by atoms with E-state index in [4.69, 9.17) is 24.9 Å². The van der Waals surface area contributed by atoms with E-state index in [1.165, 1.54) is 0 Å². The van der Waals surface area contributed by atoms with Crippen LogP contribution in [0.25, 0.3) is 78.2 Å². The lowest BCUT2D eigenvalue weighted by Gasteiger charge is -2.15. The number of hydrogen-bond donors (Lipinski definition) is 0. The Labute approximate surface area is 266 Å². The molecule has 46 heavy (non-hydrogen) atoms. The smallest absolute Gasteiger partial charge is 0.164 e. The second kappa shape index (κ2) is 11.4. The van der Waals surface area contributed by atoms with Crippen molar-refractivity contribution in [1.29, 1.82) is 0 Å². The number of rotatable bonds is 5. The molecule has 0 bridgehead atoms. The van der Waals surface area contributed by atoms with Gasteiger partial charge in [0.2, 0.25) is 0 Å². The first-order valence-electron chi connectivity index (χ1n) is 15.2. The topological polar surface area (TPSA) is 77.3 Å². The van der Waals surface area contributed by atoms with Crippen molar-refractivity contribution in [3.05, 3.63) is 145 Å². The molecule has 0 aliphatic rings.